The van der Waals surface area contributed by atoms with Gasteiger partial charge in [0, 0.05) is 12.1 Å². The van der Waals surface area contributed by atoms with Crippen LogP contribution < -0.4 is 14.2 Å². The van der Waals surface area contributed by atoms with Crippen LogP contribution in [0.15, 0.2) is 78.4 Å². The number of hydrogen-bond acceptors (Lipinski definition) is 6. The summed E-state index contributed by atoms with van der Waals surface area (Å²) in [4.78, 5) is 27.8. The first-order valence-electron chi connectivity index (χ1n) is 13.2. The molecule has 204 valence electrons. The van der Waals surface area contributed by atoms with Crippen molar-refractivity contribution in [3.05, 3.63) is 95.1 Å². The highest BCUT2D eigenvalue weighted by atomic mass is 16.5. The molecule has 0 aromatic heterocycles. The Hall–Kier alpha value is -4.26. The Morgan fingerprint density at radius 2 is 1.67 bits per heavy atom. The van der Waals surface area contributed by atoms with Gasteiger partial charge >= 0.3 is 0 Å². The van der Waals surface area contributed by atoms with E-state index in [-0.39, 0.29) is 11.3 Å². The molecule has 3 aromatic rings. The topological polar surface area (TPSA) is 85.3 Å². The third-order valence-electron chi connectivity index (χ3n) is 6.46. The lowest BCUT2D eigenvalue weighted by molar-refractivity contribution is -0.139. The zero-order valence-corrected chi connectivity index (χ0v) is 22.8. The fourth-order valence-corrected chi connectivity index (χ4v) is 4.53. The van der Waals surface area contributed by atoms with E-state index in [4.69, 9.17) is 14.2 Å². The molecule has 1 fully saturated rings. The van der Waals surface area contributed by atoms with Gasteiger partial charge in [-0.2, -0.15) is 0 Å². The quantitative estimate of drug-likeness (QED) is 0.182. The van der Waals surface area contributed by atoms with Gasteiger partial charge in [0.1, 0.15) is 18.1 Å². The van der Waals surface area contributed by atoms with Gasteiger partial charge in [-0.25, -0.2) is 0 Å². The number of likely N-dealkylation sites (tertiary alicyclic amines) is 1. The van der Waals surface area contributed by atoms with Crippen molar-refractivity contribution < 1.29 is 28.9 Å². The smallest absolute Gasteiger partial charge is 0.295 e. The number of amides is 1. The van der Waals surface area contributed by atoms with Crippen LogP contribution in [0.1, 0.15) is 49.9 Å². The number of aliphatic hydroxyl groups excluding tert-OH is 1. The second kappa shape index (κ2) is 12.5. The van der Waals surface area contributed by atoms with Crippen LogP contribution in [0, 0.1) is 5.92 Å². The predicted molar refractivity (Wildman–Crippen MR) is 150 cm³/mol. The van der Waals surface area contributed by atoms with Gasteiger partial charge in [-0.3, -0.25) is 9.59 Å². The number of carbonyl (C=O) groups excluding carboxylic acids is 2. The largest absolute Gasteiger partial charge is 0.507 e. The fraction of sp³-hybridized carbons (Fsp3) is 0.312. The summed E-state index contributed by atoms with van der Waals surface area (Å²) in [7, 11) is 1.54. The van der Waals surface area contributed by atoms with Crippen LogP contribution in [0.3, 0.4) is 0 Å². The highest BCUT2D eigenvalue weighted by molar-refractivity contribution is 6.46. The molecule has 0 aliphatic carbocycles. The Kier molecular flexibility index (Phi) is 8.92. The number of ether oxygens (including phenoxy) is 3. The molecule has 3 aromatic carbocycles. The molecule has 1 aliphatic rings. The Balaban J connectivity index is 1.69. The summed E-state index contributed by atoms with van der Waals surface area (Å²) < 4.78 is 17.3. The molecule has 0 bridgehead atoms. The molecular weight excluding hydrogens is 494 g/mol. The first-order valence-corrected chi connectivity index (χ1v) is 13.2. The van der Waals surface area contributed by atoms with Crippen LogP contribution in [0.4, 0.5) is 0 Å². The molecule has 0 saturated carbocycles. The summed E-state index contributed by atoms with van der Waals surface area (Å²) in [6, 6.07) is 21.2. The van der Waals surface area contributed by atoms with Crippen molar-refractivity contribution in [2.75, 3.05) is 20.3 Å². The number of Topliss-reactive ketones (excluding diaryl/α,β-unsaturated/α-hetero) is 1. The van der Waals surface area contributed by atoms with Gasteiger partial charge in [0.15, 0.2) is 11.5 Å². The summed E-state index contributed by atoms with van der Waals surface area (Å²) in [5, 5.41) is 11.3. The first kappa shape index (κ1) is 27.8. The lowest BCUT2D eigenvalue weighted by Crippen LogP contribution is -2.30. The maximum atomic E-state index is 13.2. The van der Waals surface area contributed by atoms with Crippen molar-refractivity contribution in [3.8, 4) is 17.2 Å². The SMILES string of the molecule is CCCN1C(=O)C(=O)/C(=C(\O)c2ccc(OCC(C)C)cc2)C1c1ccc(OCc2ccccc2)c(OC)c1. The minimum absolute atomic E-state index is 0.0457. The van der Waals surface area contributed by atoms with Crippen molar-refractivity contribution in [1.82, 2.24) is 4.90 Å². The zero-order chi connectivity index (χ0) is 27.9. The third kappa shape index (κ3) is 6.25. The van der Waals surface area contributed by atoms with Crippen molar-refractivity contribution in [1.29, 1.82) is 0 Å². The minimum Gasteiger partial charge on any atom is -0.507 e. The summed E-state index contributed by atoms with van der Waals surface area (Å²) in [6.45, 7) is 7.36. The molecule has 1 N–H and O–H groups in total. The van der Waals surface area contributed by atoms with Crippen molar-refractivity contribution >= 4 is 17.4 Å². The molecule has 1 amide bonds. The number of aliphatic hydroxyl groups is 1. The van der Waals surface area contributed by atoms with Crippen LogP contribution in [-0.4, -0.2) is 42.0 Å². The van der Waals surface area contributed by atoms with E-state index in [2.05, 4.69) is 13.8 Å². The number of hydrogen-bond donors (Lipinski definition) is 1. The summed E-state index contributed by atoms with van der Waals surface area (Å²) >= 11 is 0. The molecule has 7 nitrogen and oxygen atoms in total. The van der Waals surface area contributed by atoms with Gasteiger partial charge in [-0.1, -0.05) is 57.2 Å². The van der Waals surface area contributed by atoms with Gasteiger partial charge < -0.3 is 24.2 Å². The first-order chi connectivity index (χ1) is 18.8. The van der Waals surface area contributed by atoms with Crippen molar-refractivity contribution in [2.45, 2.75) is 39.8 Å². The summed E-state index contributed by atoms with van der Waals surface area (Å²) in [5.41, 5.74) is 2.14. The van der Waals surface area contributed by atoms with Crippen LogP contribution >= 0.6 is 0 Å². The molecular formula is C32H35NO6. The molecule has 1 atom stereocenters. The molecule has 1 aliphatic heterocycles. The second-order valence-electron chi connectivity index (χ2n) is 9.91. The van der Waals surface area contributed by atoms with E-state index in [0.29, 0.717) is 60.5 Å². The van der Waals surface area contributed by atoms with E-state index in [1.54, 1.807) is 49.6 Å². The number of carbonyl (C=O) groups is 2. The monoisotopic (exact) mass is 529 g/mol. The van der Waals surface area contributed by atoms with E-state index < -0.39 is 17.7 Å². The van der Waals surface area contributed by atoms with Gasteiger partial charge in [-0.05, 0) is 59.9 Å². The Bertz CT molecular complexity index is 1330. The molecule has 1 heterocycles. The second-order valence-corrected chi connectivity index (χ2v) is 9.91. The summed E-state index contributed by atoms with van der Waals surface area (Å²) in [5.74, 6) is 0.472. The van der Waals surface area contributed by atoms with E-state index >= 15 is 0 Å². The Morgan fingerprint density at radius 3 is 2.31 bits per heavy atom. The predicted octanol–water partition coefficient (Wildman–Crippen LogP) is 6.14. The highest BCUT2D eigenvalue weighted by Gasteiger charge is 2.45. The Morgan fingerprint density at radius 1 is 0.949 bits per heavy atom. The molecule has 1 unspecified atom stereocenters. The molecule has 0 spiro atoms. The fourth-order valence-electron chi connectivity index (χ4n) is 4.53. The van der Waals surface area contributed by atoms with E-state index in [1.807, 2.05) is 37.3 Å². The average molecular weight is 530 g/mol. The molecule has 4 rings (SSSR count). The number of methoxy groups -OCH3 is 1. The number of nitrogens with zero attached hydrogens (tertiary/aromatic N) is 1. The number of benzene rings is 3. The normalized spacial score (nSPS) is 16.5. The highest BCUT2D eigenvalue weighted by Crippen LogP contribution is 2.42. The molecule has 0 radical (unpaired) electrons. The number of ketones is 1. The van der Waals surface area contributed by atoms with E-state index in [9.17, 15) is 14.7 Å². The average Bonchev–Trinajstić information content (AvgIpc) is 3.20. The zero-order valence-electron chi connectivity index (χ0n) is 22.8. The lowest BCUT2D eigenvalue weighted by atomic mass is 9.95. The van der Waals surface area contributed by atoms with Crippen LogP contribution in [0.5, 0.6) is 17.2 Å². The maximum Gasteiger partial charge on any atom is 0.295 e. The van der Waals surface area contributed by atoms with Crippen LogP contribution in [0.25, 0.3) is 5.76 Å². The van der Waals surface area contributed by atoms with Crippen LogP contribution in [-0.2, 0) is 16.2 Å². The maximum absolute atomic E-state index is 13.2. The lowest BCUT2D eigenvalue weighted by Gasteiger charge is -2.25. The molecule has 7 heteroatoms. The molecule has 1 saturated heterocycles. The Labute approximate surface area is 229 Å². The van der Waals surface area contributed by atoms with E-state index in [1.165, 1.54) is 4.90 Å². The minimum atomic E-state index is -0.765. The van der Waals surface area contributed by atoms with Crippen LogP contribution in [0.2, 0.25) is 0 Å². The molecule has 39 heavy (non-hydrogen) atoms. The van der Waals surface area contributed by atoms with Gasteiger partial charge in [0.25, 0.3) is 11.7 Å². The van der Waals surface area contributed by atoms with Gasteiger partial charge in [0.2, 0.25) is 0 Å². The number of rotatable bonds is 11. The third-order valence-corrected chi connectivity index (χ3v) is 6.46. The van der Waals surface area contributed by atoms with E-state index in [0.717, 1.165) is 5.56 Å². The van der Waals surface area contributed by atoms with Gasteiger partial charge in [-0.15, -0.1) is 0 Å². The standard InChI is InChI=1S/C32H35NO6/c1-5-17-33-29(24-13-16-26(27(18-24)37-4)39-20-22-9-7-6-8-10-22)28(31(35)32(33)36)30(34)23-11-14-25(15-12-23)38-19-21(2)3/h6-16,18,21,29,34H,5,17,19-20H2,1-4H3/b30-28-. The van der Waals surface area contributed by atoms with Crippen molar-refractivity contribution in [2.24, 2.45) is 5.92 Å². The van der Waals surface area contributed by atoms with Crippen molar-refractivity contribution in [3.63, 3.8) is 0 Å². The van der Waals surface area contributed by atoms with Gasteiger partial charge in [0.05, 0.1) is 25.3 Å². The summed E-state index contributed by atoms with van der Waals surface area (Å²) in [6.07, 6.45) is 0.654.